The second kappa shape index (κ2) is 4.49. The van der Waals surface area contributed by atoms with Crippen LogP contribution in [0.5, 0.6) is 0 Å². The van der Waals surface area contributed by atoms with Crippen LogP contribution in [0, 0.1) is 0 Å². The second-order valence-electron chi connectivity index (χ2n) is 2.72. The summed E-state index contributed by atoms with van der Waals surface area (Å²) in [5.41, 5.74) is 0.167. The average Bonchev–Trinajstić information content (AvgIpc) is 2.17. The summed E-state index contributed by atoms with van der Waals surface area (Å²) in [6.07, 6.45) is -4.30. The highest BCUT2D eigenvalue weighted by Gasteiger charge is 2.32. The Bertz CT molecular complexity index is 381. The zero-order valence-corrected chi connectivity index (χ0v) is 8.14. The average molecular weight is 235 g/mol. The van der Waals surface area contributed by atoms with Crippen molar-refractivity contribution in [1.29, 1.82) is 0 Å². The smallest absolute Gasteiger partial charge is 0.289 e. The number of hydrogen-bond acceptors (Lipinski definition) is 1. The zero-order chi connectivity index (χ0) is 11.5. The van der Waals surface area contributed by atoms with E-state index >= 15 is 0 Å². The largest absolute Gasteiger partial charge is 0.427 e. The van der Waals surface area contributed by atoms with Gasteiger partial charge in [0.1, 0.15) is 5.03 Å². The maximum atomic E-state index is 12.0. The molecule has 0 unspecified atom stereocenters. The summed E-state index contributed by atoms with van der Waals surface area (Å²) in [6, 6.07) is 7.61. The normalized spacial score (nSPS) is 12.7. The van der Waals surface area contributed by atoms with Crippen LogP contribution in [0.1, 0.15) is 10.4 Å². The molecule has 0 aliphatic rings. The van der Waals surface area contributed by atoms with Gasteiger partial charge in [-0.3, -0.25) is 4.79 Å². The molecule has 0 spiro atoms. The fraction of sp³-hybridized carbons (Fsp3) is 0.100. The van der Waals surface area contributed by atoms with Crippen molar-refractivity contribution < 1.29 is 18.0 Å². The van der Waals surface area contributed by atoms with Crippen LogP contribution in [0.25, 0.3) is 0 Å². The lowest BCUT2D eigenvalue weighted by Crippen LogP contribution is -2.09. The highest BCUT2D eigenvalue weighted by molar-refractivity contribution is 6.32. The molecular weight excluding hydrogens is 229 g/mol. The Labute approximate surface area is 89.2 Å². The van der Waals surface area contributed by atoms with Gasteiger partial charge in [-0.05, 0) is 0 Å². The molecule has 0 saturated heterocycles. The van der Waals surface area contributed by atoms with Crippen LogP contribution in [0.4, 0.5) is 13.2 Å². The monoisotopic (exact) mass is 234 g/mol. The maximum absolute atomic E-state index is 12.0. The van der Waals surface area contributed by atoms with Gasteiger partial charge in [0.2, 0.25) is 0 Å². The van der Waals surface area contributed by atoms with Crippen LogP contribution in [-0.4, -0.2) is 12.0 Å². The number of halogens is 4. The number of rotatable bonds is 2. The molecule has 0 heterocycles. The number of allylic oxidation sites excluding steroid dienone is 2. The topological polar surface area (TPSA) is 17.1 Å². The van der Waals surface area contributed by atoms with E-state index in [0.29, 0.717) is 6.08 Å². The van der Waals surface area contributed by atoms with Crippen molar-refractivity contribution >= 4 is 17.4 Å². The third-order valence-electron chi connectivity index (χ3n) is 1.59. The summed E-state index contributed by atoms with van der Waals surface area (Å²) in [4.78, 5) is 11.2. The zero-order valence-electron chi connectivity index (χ0n) is 7.38. The molecule has 0 radical (unpaired) electrons. The maximum Gasteiger partial charge on any atom is 0.427 e. The highest BCUT2D eigenvalue weighted by Crippen LogP contribution is 2.28. The highest BCUT2D eigenvalue weighted by atomic mass is 35.5. The minimum Gasteiger partial charge on any atom is -0.289 e. The molecule has 0 atom stereocenters. The number of ketones is 1. The Hall–Kier alpha value is -1.29. The van der Waals surface area contributed by atoms with Crippen molar-refractivity contribution in [1.82, 2.24) is 0 Å². The molecule has 0 N–H and O–H groups in total. The first kappa shape index (κ1) is 11.8. The first-order valence-corrected chi connectivity index (χ1v) is 4.33. The molecule has 0 saturated carbocycles. The van der Waals surface area contributed by atoms with Crippen molar-refractivity contribution in [3.8, 4) is 0 Å². The van der Waals surface area contributed by atoms with Gasteiger partial charge >= 0.3 is 6.18 Å². The Morgan fingerprint density at radius 3 is 2.20 bits per heavy atom. The van der Waals surface area contributed by atoms with Gasteiger partial charge in [-0.1, -0.05) is 41.9 Å². The molecule has 0 aromatic heterocycles. The minimum atomic E-state index is -4.67. The molecule has 1 rings (SSSR count). The molecule has 80 valence electrons. The summed E-state index contributed by atoms with van der Waals surface area (Å²) in [6.45, 7) is 0. The predicted octanol–water partition coefficient (Wildman–Crippen LogP) is 3.55. The Balaban J connectivity index is 2.90. The number of carbonyl (C=O) groups is 1. The third kappa shape index (κ3) is 3.40. The Morgan fingerprint density at radius 1 is 1.20 bits per heavy atom. The second-order valence-corrected chi connectivity index (χ2v) is 3.13. The van der Waals surface area contributed by atoms with Crippen LogP contribution in [0.15, 0.2) is 41.4 Å². The SMILES string of the molecule is O=C(/C=C(\Cl)C(F)(F)F)c1ccccc1. The lowest BCUT2D eigenvalue weighted by molar-refractivity contribution is -0.0845. The molecule has 0 aliphatic carbocycles. The molecule has 0 aliphatic heterocycles. The van der Waals surface area contributed by atoms with Crippen LogP contribution in [0.2, 0.25) is 0 Å². The van der Waals surface area contributed by atoms with E-state index in [4.69, 9.17) is 11.6 Å². The number of benzene rings is 1. The van der Waals surface area contributed by atoms with Gasteiger partial charge in [-0.2, -0.15) is 13.2 Å². The molecule has 15 heavy (non-hydrogen) atoms. The van der Waals surface area contributed by atoms with Gasteiger partial charge in [-0.15, -0.1) is 0 Å². The summed E-state index contributed by atoms with van der Waals surface area (Å²) in [5.74, 6) is -0.766. The van der Waals surface area contributed by atoms with E-state index < -0.39 is 17.0 Å². The predicted molar refractivity (Wildman–Crippen MR) is 50.8 cm³/mol. The fourth-order valence-corrected chi connectivity index (χ4v) is 0.982. The molecule has 1 nitrogen and oxygen atoms in total. The fourth-order valence-electron chi connectivity index (χ4n) is 0.883. The number of hydrogen-bond donors (Lipinski definition) is 0. The van der Waals surface area contributed by atoms with Crippen molar-refractivity contribution in [3.05, 3.63) is 47.0 Å². The van der Waals surface area contributed by atoms with Gasteiger partial charge in [0, 0.05) is 11.6 Å². The van der Waals surface area contributed by atoms with Gasteiger partial charge in [0.05, 0.1) is 0 Å². The third-order valence-corrected chi connectivity index (χ3v) is 1.91. The van der Waals surface area contributed by atoms with E-state index in [1.165, 1.54) is 12.1 Å². The van der Waals surface area contributed by atoms with Crippen molar-refractivity contribution in [3.63, 3.8) is 0 Å². The van der Waals surface area contributed by atoms with Crippen LogP contribution in [-0.2, 0) is 0 Å². The van der Waals surface area contributed by atoms with Crippen LogP contribution >= 0.6 is 11.6 Å². The summed E-state index contributed by atoms with van der Waals surface area (Å²) in [5, 5.41) is -1.42. The first-order valence-electron chi connectivity index (χ1n) is 3.95. The Morgan fingerprint density at radius 2 is 1.73 bits per heavy atom. The van der Waals surface area contributed by atoms with Gasteiger partial charge in [0.25, 0.3) is 0 Å². The molecule has 0 fully saturated rings. The quantitative estimate of drug-likeness (QED) is 0.565. The van der Waals surface area contributed by atoms with Gasteiger partial charge in [0.15, 0.2) is 5.78 Å². The molecule has 1 aromatic carbocycles. The molecule has 1 aromatic rings. The van der Waals surface area contributed by atoms with Crippen molar-refractivity contribution in [2.24, 2.45) is 0 Å². The van der Waals surface area contributed by atoms with Crippen molar-refractivity contribution in [2.75, 3.05) is 0 Å². The summed E-state index contributed by atoms with van der Waals surface area (Å²) in [7, 11) is 0. The van der Waals surface area contributed by atoms with E-state index in [1.807, 2.05) is 0 Å². The number of alkyl halides is 3. The standard InChI is InChI=1S/C10H6ClF3O/c11-9(10(12,13)14)6-8(15)7-4-2-1-3-5-7/h1-6H/b9-6-. The van der Waals surface area contributed by atoms with E-state index in [-0.39, 0.29) is 5.56 Å². The van der Waals surface area contributed by atoms with Gasteiger partial charge in [-0.25, -0.2) is 0 Å². The molecule has 0 bridgehead atoms. The van der Waals surface area contributed by atoms with Crippen LogP contribution < -0.4 is 0 Å². The molecule has 0 amide bonds. The Kier molecular flexibility index (Phi) is 3.52. The number of carbonyl (C=O) groups excluding carboxylic acids is 1. The van der Waals surface area contributed by atoms with Gasteiger partial charge < -0.3 is 0 Å². The summed E-state index contributed by atoms with van der Waals surface area (Å²) >= 11 is 4.92. The van der Waals surface area contributed by atoms with E-state index in [2.05, 4.69) is 0 Å². The van der Waals surface area contributed by atoms with E-state index in [9.17, 15) is 18.0 Å². The van der Waals surface area contributed by atoms with E-state index in [0.717, 1.165) is 0 Å². The van der Waals surface area contributed by atoms with Crippen molar-refractivity contribution in [2.45, 2.75) is 6.18 Å². The lowest BCUT2D eigenvalue weighted by Gasteiger charge is -2.03. The lowest BCUT2D eigenvalue weighted by atomic mass is 10.1. The van der Waals surface area contributed by atoms with Crippen LogP contribution in [0.3, 0.4) is 0 Å². The van der Waals surface area contributed by atoms with E-state index in [1.54, 1.807) is 18.2 Å². The molecular formula is C10H6ClF3O. The minimum absolute atomic E-state index is 0.167. The summed E-state index contributed by atoms with van der Waals surface area (Å²) < 4.78 is 35.9. The molecule has 5 heteroatoms. The first-order chi connectivity index (χ1) is 6.91.